The van der Waals surface area contributed by atoms with Crippen molar-refractivity contribution in [1.82, 2.24) is 20.2 Å². The van der Waals surface area contributed by atoms with E-state index in [-0.39, 0.29) is 36.3 Å². The van der Waals surface area contributed by atoms with E-state index in [9.17, 15) is 14.0 Å². The third kappa shape index (κ3) is 5.22. The van der Waals surface area contributed by atoms with E-state index >= 15 is 0 Å². The Labute approximate surface area is 184 Å². The van der Waals surface area contributed by atoms with Crippen LogP contribution in [0.15, 0.2) is 36.7 Å². The van der Waals surface area contributed by atoms with Crippen LogP contribution in [0.1, 0.15) is 25.7 Å². The normalized spacial score (nSPS) is 21.3. The molecule has 3 amide bonds. The number of rotatable bonds is 6. The van der Waals surface area contributed by atoms with E-state index in [2.05, 4.69) is 15.3 Å². The van der Waals surface area contributed by atoms with Crippen LogP contribution in [-0.2, 0) is 4.79 Å². The molecule has 4 rings (SSSR count). The van der Waals surface area contributed by atoms with Gasteiger partial charge in [-0.2, -0.15) is 0 Å². The van der Waals surface area contributed by atoms with Gasteiger partial charge in [0, 0.05) is 19.1 Å². The predicted molar refractivity (Wildman–Crippen MR) is 113 cm³/mol. The molecule has 0 spiro atoms. The van der Waals surface area contributed by atoms with Crippen LogP contribution in [0.2, 0.25) is 5.02 Å². The maximum atomic E-state index is 14.0. The first-order valence-electron chi connectivity index (χ1n) is 10.2. The fourth-order valence-electron chi connectivity index (χ4n) is 3.91. The highest BCUT2D eigenvalue weighted by Crippen LogP contribution is 2.24. The zero-order valence-corrected chi connectivity index (χ0v) is 17.6. The monoisotopic (exact) mass is 447 g/mol. The van der Waals surface area contributed by atoms with Gasteiger partial charge in [-0.25, -0.2) is 19.2 Å². The zero-order valence-electron chi connectivity index (χ0n) is 16.8. The number of hydrogen-bond donors (Lipinski definition) is 1. The molecule has 8 nitrogen and oxygen atoms in total. The number of ether oxygens (including phenoxy) is 1. The van der Waals surface area contributed by atoms with E-state index in [1.165, 1.54) is 28.3 Å². The molecule has 2 aliphatic rings. The van der Waals surface area contributed by atoms with E-state index in [4.69, 9.17) is 16.3 Å². The molecule has 0 atom stereocenters. The van der Waals surface area contributed by atoms with Crippen LogP contribution in [0.25, 0.3) is 0 Å². The van der Waals surface area contributed by atoms with Crippen LogP contribution in [0, 0.1) is 5.82 Å². The van der Waals surface area contributed by atoms with Crippen LogP contribution < -0.4 is 15.0 Å². The van der Waals surface area contributed by atoms with Gasteiger partial charge in [-0.3, -0.25) is 9.69 Å². The number of benzene rings is 1. The molecule has 1 aromatic heterocycles. The Morgan fingerprint density at radius 1 is 1.16 bits per heavy atom. The molecule has 2 heterocycles. The summed E-state index contributed by atoms with van der Waals surface area (Å²) >= 11 is 5.77. The number of anilines is 1. The Morgan fingerprint density at radius 2 is 1.87 bits per heavy atom. The minimum atomic E-state index is -0.454. The largest absolute Gasteiger partial charge is 0.460 e. The van der Waals surface area contributed by atoms with Gasteiger partial charge < -0.3 is 15.0 Å². The summed E-state index contributed by atoms with van der Waals surface area (Å²) in [6.45, 7) is 0.684. The van der Waals surface area contributed by atoms with E-state index in [1.54, 1.807) is 18.2 Å². The lowest BCUT2D eigenvalue weighted by Crippen LogP contribution is -2.45. The summed E-state index contributed by atoms with van der Waals surface area (Å²) in [5, 5.41) is 3.45. The van der Waals surface area contributed by atoms with Gasteiger partial charge in [0.1, 0.15) is 18.5 Å². The molecule has 2 aromatic rings. The Bertz CT molecular complexity index is 937. The van der Waals surface area contributed by atoms with Gasteiger partial charge in [-0.05, 0) is 37.8 Å². The Kier molecular flexibility index (Phi) is 6.50. The van der Waals surface area contributed by atoms with E-state index in [0.717, 1.165) is 25.7 Å². The molecule has 0 radical (unpaired) electrons. The minimum Gasteiger partial charge on any atom is -0.460 e. The predicted octanol–water partition coefficient (Wildman–Crippen LogP) is 3.02. The standard InChI is InChI=1S/C21H23ClFN5O3/c22-14-11-24-20(25-12-14)31-16-7-5-15(6-8-16)26-19(29)13-27-9-10-28(21(27)30)18-4-2-1-3-17(18)23/h1-4,11-12,15-16H,5-10,13H2,(H,26,29). The smallest absolute Gasteiger partial charge is 0.325 e. The average Bonchev–Trinajstić information content (AvgIpc) is 3.11. The molecule has 31 heavy (non-hydrogen) atoms. The zero-order chi connectivity index (χ0) is 21.8. The minimum absolute atomic E-state index is 0.0104. The number of carbonyl (C=O) groups is 2. The van der Waals surface area contributed by atoms with Gasteiger partial charge in [-0.15, -0.1) is 0 Å². The van der Waals surface area contributed by atoms with Crippen molar-refractivity contribution in [1.29, 1.82) is 0 Å². The number of amides is 3. The number of para-hydroxylation sites is 1. The Balaban J connectivity index is 1.22. The lowest BCUT2D eigenvalue weighted by atomic mass is 9.93. The van der Waals surface area contributed by atoms with Crippen LogP contribution in [0.4, 0.5) is 14.9 Å². The highest BCUT2D eigenvalue weighted by Gasteiger charge is 2.33. The maximum absolute atomic E-state index is 14.0. The first kappa shape index (κ1) is 21.3. The first-order chi connectivity index (χ1) is 15.0. The second-order valence-corrected chi connectivity index (χ2v) is 8.09. The molecular weight excluding hydrogens is 425 g/mol. The molecule has 164 valence electrons. The fourth-order valence-corrected chi connectivity index (χ4v) is 4.00. The quantitative estimate of drug-likeness (QED) is 0.735. The molecular formula is C21H23ClFN5O3. The van der Waals surface area contributed by atoms with Crippen LogP contribution in [0.3, 0.4) is 0 Å². The van der Waals surface area contributed by atoms with Gasteiger partial charge in [0.2, 0.25) is 5.91 Å². The van der Waals surface area contributed by atoms with Crippen LogP contribution >= 0.6 is 11.6 Å². The van der Waals surface area contributed by atoms with Crippen molar-refractivity contribution >= 4 is 29.2 Å². The Morgan fingerprint density at radius 3 is 2.58 bits per heavy atom. The second-order valence-electron chi connectivity index (χ2n) is 7.65. The molecule has 2 fully saturated rings. The molecule has 1 N–H and O–H groups in total. The van der Waals surface area contributed by atoms with E-state index in [1.807, 2.05) is 0 Å². The van der Waals surface area contributed by atoms with Crippen molar-refractivity contribution in [3.63, 3.8) is 0 Å². The molecule has 1 aromatic carbocycles. The third-order valence-corrected chi connectivity index (χ3v) is 5.68. The first-order valence-corrected chi connectivity index (χ1v) is 10.6. The molecule has 0 unspecified atom stereocenters. The summed E-state index contributed by atoms with van der Waals surface area (Å²) in [4.78, 5) is 35.9. The number of carbonyl (C=O) groups excluding carboxylic acids is 2. The number of urea groups is 1. The number of nitrogens with zero attached hydrogens (tertiary/aromatic N) is 4. The van der Waals surface area contributed by atoms with Gasteiger partial charge in [-0.1, -0.05) is 23.7 Å². The summed E-state index contributed by atoms with van der Waals surface area (Å²) < 4.78 is 19.8. The van der Waals surface area contributed by atoms with Crippen molar-refractivity contribution in [3.8, 4) is 6.01 Å². The van der Waals surface area contributed by atoms with Crippen molar-refractivity contribution in [3.05, 3.63) is 47.5 Å². The van der Waals surface area contributed by atoms with Crippen molar-refractivity contribution in [2.45, 2.75) is 37.8 Å². The lowest BCUT2D eigenvalue weighted by molar-refractivity contribution is -0.122. The SMILES string of the molecule is O=C(CN1CCN(c2ccccc2F)C1=O)NC1CCC(Oc2ncc(Cl)cn2)CC1. The second kappa shape index (κ2) is 9.47. The molecule has 1 aliphatic carbocycles. The summed E-state index contributed by atoms with van der Waals surface area (Å²) in [7, 11) is 0. The lowest BCUT2D eigenvalue weighted by Gasteiger charge is -2.29. The van der Waals surface area contributed by atoms with Crippen LogP contribution in [-0.4, -0.2) is 58.6 Å². The molecule has 1 saturated heterocycles. The fraction of sp³-hybridized carbons (Fsp3) is 0.429. The summed E-state index contributed by atoms with van der Waals surface area (Å²) in [5.74, 6) is -0.667. The molecule has 10 heteroatoms. The van der Waals surface area contributed by atoms with Crippen molar-refractivity contribution in [2.24, 2.45) is 0 Å². The molecule has 1 saturated carbocycles. The number of hydrogen-bond acceptors (Lipinski definition) is 5. The van der Waals surface area contributed by atoms with Gasteiger partial charge in [0.25, 0.3) is 0 Å². The molecule has 0 bridgehead atoms. The van der Waals surface area contributed by atoms with E-state index in [0.29, 0.717) is 24.1 Å². The number of halogens is 2. The van der Waals surface area contributed by atoms with Gasteiger partial charge in [0.15, 0.2) is 0 Å². The van der Waals surface area contributed by atoms with Crippen molar-refractivity contribution < 1.29 is 18.7 Å². The third-order valence-electron chi connectivity index (χ3n) is 5.48. The van der Waals surface area contributed by atoms with E-state index < -0.39 is 5.82 Å². The highest BCUT2D eigenvalue weighted by atomic mass is 35.5. The Hall–Kier alpha value is -2.94. The van der Waals surface area contributed by atoms with Gasteiger partial charge in [0.05, 0.1) is 23.1 Å². The van der Waals surface area contributed by atoms with Gasteiger partial charge >= 0.3 is 12.0 Å². The number of nitrogens with one attached hydrogen (secondary N) is 1. The highest BCUT2D eigenvalue weighted by molar-refractivity contribution is 6.30. The molecule has 1 aliphatic heterocycles. The summed E-state index contributed by atoms with van der Waals surface area (Å²) in [6.07, 6.45) is 6.02. The average molecular weight is 448 g/mol. The van der Waals surface area contributed by atoms with Crippen LogP contribution in [0.5, 0.6) is 6.01 Å². The summed E-state index contributed by atoms with van der Waals surface area (Å²) in [5.41, 5.74) is 0.235. The maximum Gasteiger partial charge on any atom is 0.325 e. The summed E-state index contributed by atoms with van der Waals surface area (Å²) in [6, 6.07) is 6.10. The topological polar surface area (TPSA) is 87.7 Å². The number of aromatic nitrogens is 2. The van der Waals surface area contributed by atoms with Crippen molar-refractivity contribution in [2.75, 3.05) is 24.5 Å².